The standard InChI is InChI=1S/C31H50O6/c1-19-9-14-30(25(35)37-6)16-15-27(3)20(24(30)29(19,5)36)7-8-21-26(2)12-11-23(34)31(17-32,18-33)22(26)10-13-28(21,27)4/h7,19,21-24,32-34,36H,8-18H2,1-6H3/t19-,21+,22+,23-,24-,26-,27+,28+,29+,30-/m1/s1. The van der Waals surface area contributed by atoms with Gasteiger partial charge >= 0.3 is 5.97 Å². The van der Waals surface area contributed by atoms with E-state index in [0.717, 1.165) is 51.4 Å². The van der Waals surface area contributed by atoms with Gasteiger partial charge in [-0.15, -0.1) is 0 Å². The number of aliphatic hydroxyl groups is 4. The summed E-state index contributed by atoms with van der Waals surface area (Å²) in [6.45, 7) is 10.8. The molecular weight excluding hydrogens is 468 g/mol. The highest BCUT2D eigenvalue weighted by Crippen LogP contribution is 2.76. The number of aliphatic hydroxyl groups excluding tert-OH is 3. The second-order valence-electron chi connectivity index (χ2n) is 14.6. The minimum absolute atomic E-state index is 0.0472. The number of allylic oxidation sites excluding steroid dienone is 1. The van der Waals surface area contributed by atoms with E-state index < -0.39 is 22.5 Å². The molecule has 0 saturated heterocycles. The molecule has 4 fully saturated rings. The van der Waals surface area contributed by atoms with Crippen LogP contribution in [0.3, 0.4) is 0 Å². The van der Waals surface area contributed by atoms with Crippen molar-refractivity contribution in [1.82, 2.24) is 0 Å². The number of carbonyl (C=O) groups is 1. The van der Waals surface area contributed by atoms with Crippen LogP contribution in [-0.2, 0) is 9.53 Å². The number of esters is 1. The first-order valence-electron chi connectivity index (χ1n) is 14.7. The molecule has 0 aromatic heterocycles. The average molecular weight is 519 g/mol. The second kappa shape index (κ2) is 8.52. The minimum atomic E-state index is -0.998. The monoisotopic (exact) mass is 518 g/mol. The van der Waals surface area contributed by atoms with E-state index in [4.69, 9.17) is 4.74 Å². The van der Waals surface area contributed by atoms with Crippen molar-refractivity contribution in [2.75, 3.05) is 20.3 Å². The Hall–Kier alpha value is -0.950. The number of rotatable bonds is 3. The summed E-state index contributed by atoms with van der Waals surface area (Å²) in [7, 11) is 1.48. The van der Waals surface area contributed by atoms with E-state index in [2.05, 4.69) is 33.8 Å². The third kappa shape index (κ3) is 3.16. The van der Waals surface area contributed by atoms with E-state index in [-0.39, 0.29) is 53.2 Å². The highest BCUT2D eigenvalue weighted by Gasteiger charge is 2.72. The molecule has 5 aliphatic carbocycles. The Morgan fingerprint density at radius 1 is 0.973 bits per heavy atom. The summed E-state index contributed by atoms with van der Waals surface area (Å²) in [4.78, 5) is 13.4. The summed E-state index contributed by atoms with van der Waals surface area (Å²) in [6, 6.07) is 0. The van der Waals surface area contributed by atoms with E-state index in [1.807, 2.05) is 6.92 Å². The van der Waals surface area contributed by atoms with Crippen LogP contribution in [0.5, 0.6) is 0 Å². The van der Waals surface area contributed by atoms with E-state index in [0.29, 0.717) is 12.3 Å². The van der Waals surface area contributed by atoms with Crippen LogP contribution < -0.4 is 0 Å². The predicted octanol–water partition coefficient (Wildman–Crippen LogP) is 4.24. The highest BCUT2D eigenvalue weighted by molar-refractivity contribution is 5.79. The third-order valence-corrected chi connectivity index (χ3v) is 13.8. The maximum atomic E-state index is 13.4. The summed E-state index contributed by atoms with van der Waals surface area (Å²) in [5.41, 5.74) is -1.64. The number of ether oxygens (including phenoxy) is 1. The van der Waals surface area contributed by atoms with Gasteiger partial charge in [0.2, 0.25) is 0 Å². The van der Waals surface area contributed by atoms with E-state index in [1.54, 1.807) is 0 Å². The molecule has 5 rings (SSSR count). The van der Waals surface area contributed by atoms with Crippen LogP contribution in [0.2, 0.25) is 0 Å². The Bertz CT molecular complexity index is 969. The van der Waals surface area contributed by atoms with Gasteiger partial charge in [0.15, 0.2) is 0 Å². The van der Waals surface area contributed by atoms with Crippen molar-refractivity contribution in [2.45, 2.75) is 104 Å². The van der Waals surface area contributed by atoms with Crippen LogP contribution in [0.25, 0.3) is 0 Å². The topological polar surface area (TPSA) is 107 Å². The minimum Gasteiger partial charge on any atom is -0.469 e. The molecule has 4 saturated carbocycles. The maximum absolute atomic E-state index is 13.4. The SMILES string of the molecule is COC(=O)[C@@]12CC[C@@H](C)[C@](C)(O)[C@H]1C1=CC[C@H]3[C@@]4(C)CC[C@@H](O)C(CO)(CO)[C@H]4CC[C@]3(C)[C@@]1(C)CC2. The number of fused-ring (bicyclic) bond motifs is 7. The molecule has 10 atom stereocenters. The molecule has 210 valence electrons. The Labute approximate surface area is 222 Å². The lowest BCUT2D eigenvalue weighted by Crippen LogP contribution is -2.68. The molecule has 0 heterocycles. The maximum Gasteiger partial charge on any atom is 0.312 e. The summed E-state index contributed by atoms with van der Waals surface area (Å²) in [5.74, 6) is 0.0276. The van der Waals surface area contributed by atoms with Gasteiger partial charge in [0.25, 0.3) is 0 Å². The smallest absolute Gasteiger partial charge is 0.312 e. The van der Waals surface area contributed by atoms with Crippen LogP contribution in [0.4, 0.5) is 0 Å². The Morgan fingerprint density at radius 2 is 1.65 bits per heavy atom. The zero-order chi connectivity index (χ0) is 27.2. The predicted molar refractivity (Wildman–Crippen MR) is 141 cm³/mol. The number of hydrogen-bond donors (Lipinski definition) is 4. The molecule has 0 amide bonds. The van der Waals surface area contributed by atoms with Crippen LogP contribution in [0, 0.1) is 50.7 Å². The Kier molecular flexibility index (Phi) is 6.36. The Morgan fingerprint density at radius 3 is 2.27 bits per heavy atom. The first-order chi connectivity index (χ1) is 17.2. The van der Waals surface area contributed by atoms with Crippen molar-refractivity contribution >= 4 is 5.97 Å². The molecule has 0 aromatic carbocycles. The lowest BCUT2D eigenvalue weighted by atomic mass is 9.33. The van der Waals surface area contributed by atoms with Gasteiger partial charge < -0.3 is 25.2 Å². The third-order valence-electron chi connectivity index (χ3n) is 13.8. The summed E-state index contributed by atoms with van der Waals surface area (Å²) in [5, 5.41) is 44.0. The van der Waals surface area contributed by atoms with E-state index in [1.165, 1.54) is 12.7 Å². The first kappa shape index (κ1) is 27.6. The normalized spacial score (nSPS) is 52.6. The quantitative estimate of drug-likeness (QED) is 0.329. The average Bonchev–Trinajstić information content (AvgIpc) is 2.87. The summed E-state index contributed by atoms with van der Waals surface area (Å²) < 4.78 is 5.42. The summed E-state index contributed by atoms with van der Waals surface area (Å²) >= 11 is 0. The summed E-state index contributed by atoms with van der Waals surface area (Å²) in [6.07, 6.45) is 8.98. The molecule has 4 N–H and O–H groups in total. The number of hydrogen-bond acceptors (Lipinski definition) is 6. The molecular formula is C31H50O6. The second-order valence-corrected chi connectivity index (χ2v) is 14.6. The van der Waals surface area contributed by atoms with Crippen molar-refractivity contribution in [3.05, 3.63) is 11.6 Å². The van der Waals surface area contributed by atoms with E-state index in [9.17, 15) is 25.2 Å². The number of carbonyl (C=O) groups excluding carboxylic acids is 1. The van der Waals surface area contributed by atoms with Gasteiger partial charge in [-0.05, 0) is 98.7 Å². The van der Waals surface area contributed by atoms with Gasteiger partial charge in [0.05, 0.1) is 37.4 Å². The zero-order valence-corrected chi connectivity index (χ0v) is 23.8. The van der Waals surface area contributed by atoms with Crippen molar-refractivity contribution in [1.29, 1.82) is 0 Å². The zero-order valence-electron chi connectivity index (χ0n) is 23.8. The molecule has 6 nitrogen and oxygen atoms in total. The van der Waals surface area contributed by atoms with Crippen molar-refractivity contribution in [3.8, 4) is 0 Å². The largest absolute Gasteiger partial charge is 0.469 e. The Balaban J connectivity index is 1.64. The number of methoxy groups -OCH3 is 1. The van der Waals surface area contributed by atoms with E-state index >= 15 is 0 Å². The van der Waals surface area contributed by atoms with Gasteiger partial charge in [0, 0.05) is 11.3 Å². The molecule has 0 aliphatic heterocycles. The fourth-order valence-corrected chi connectivity index (χ4v) is 11.2. The molecule has 0 aromatic rings. The fraction of sp³-hybridized carbons (Fsp3) is 0.903. The van der Waals surface area contributed by atoms with Gasteiger partial charge in [-0.25, -0.2) is 0 Å². The van der Waals surface area contributed by atoms with Gasteiger partial charge in [-0.1, -0.05) is 39.3 Å². The van der Waals surface area contributed by atoms with Crippen LogP contribution in [0.15, 0.2) is 11.6 Å². The first-order valence-corrected chi connectivity index (χ1v) is 14.7. The van der Waals surface area contributed by atoms with Crippen molar-refractivity contribution in [3.63, 3.8) is 0 Å². The molecule has 0 unspecified atom stereocenters. The molecule has 6 heteroatoms. The molecule has 0 bridgehead atoms. The van der Waals surface area contributed by atoms with Crippen molar-refractivity contribution < 1.29 is 30.0 Å². The van der Waals surface area contributed by atoms with Crippen LogP contribution >= 0.6 is 0 Å². The van der Waals surface area contributed by atoms with Crippen LogP contribution in [-0.4, -0.2) is 58.4 Å². The van der Waals surface area contributed by atoms with Gasteiger partial charge in [0.1, 0.15) is 0 Å². The lowest BCUT2D eigenvalue weighted by molar-refractivity contribution is -0.235. The molecule has 0 radical (unpaired) electrons. The lowest BCUT2D eigenvalue weighted by Gasteiger charge is -2.72. The highest BCUT2D eigenvalue weighted by atomic mass is 16.5. The van der Waals surface area contributed by atoms with Gasteiger partial charge in [-0.2, -0.15) is 0 Å². The van der Waals surface area contributed by atoms with Gasteiger partial charge in [-0.3, -0.25) is 4.79 Å². The fourth-order valence-electron chi connectivity index (χ4n) is 11.2. The van der Waals surface area contributed by atoms with Crippen molar-refractivity contribution in [2.24, 2.45) is 50.7 Å². The van der Waals surface area contributed by atoms with Crippen LogP contribution in [0.1, 0.15) is 92.4 Å². The molecule has 5 aliphatic rings. The molecule has 37 heavy (non-hydrogen) atoms. The molecule has 0 spiro atoms.